The highest BCUT2D eigenvalue weighted by Crippen LogP contribution is 2.14. The topological polar surface area (TPSA) is 85.7 Å². The highest BCUT2D eigenvalue weighted by atomic mass is 16.5. The van der Waals surface area contributed by atoms with Gasteiger partial charge in [-0.1, -0.05) is 30.3 Å². The second kappa shape index (κ2) is 9.29. The quantitative estimate of drug-likeness (QED) is 0.694. The van der Waals surface area contributed by atoms with Gasteiger partial charge >= 0.3 is 0 Å². The van der Waals surface area contributed by atoms with Gasteiger partial charge in [-0.3, -0.25) is 14.3 Å². The van der Waals surface area contributed by atoms with Crippen LogP contribution in [0.4, 0.5) is 0 Å². The molecule has 0 atom stereocenters. The number of aromatic nitrogens is 2. The van der Waals surface area contributed by atoms with Crippen LogP contribution in [0.3, 0.4) is 0 Å². The highest BCUT2D eigenvalue weighted by molar-refractivity contribution is 5.92. The number of carbonyl (C=O) groups excluding carboxylic acids is 2. The van der Waals surface area contributed by atoms with Gasteiger partial charge in [0.15, 0.2) is 5.69 Å². The minimum absolute atomic E-state index is 0.0351. The summed E-state index contributed by atoms with van der Waals surface area (Å²) in [6, 6.07) is 11.5. The second-order valence-corrected chi connectivity index (χ2v) is 6.29. The summed E-state index contributed by atoms with van der Waals surface area (Å²) in [6.07, 6.45) is 0. The fourth-order valence-electron chi connectivity index (χ4n) is 2.87. The van der Waals surface area contributed by atoms with Crippen molar-refractivity contribution >= 4 is 11.8 Å². The lowest BCUT2D eigenvalue weighted by atomic mass is 10.2. The van der Waals surface area contributed by atoms with Crippen LogP contribution in [0.15, 0.2) is 36.4 Å². The van der Waals surface area contributed by atoms with E-state index in [0.717, 1.165) is 11.3 Å². The Hall–Kier alpha value is -2.71. The molecule has 0 aliphatic carbocycles. The number of hydrogen-bond acceptors (Lipinski definition) is 5. The van der Waals surface area contributed by atoms with Gasteiger partial charge in [-0.05, 0) is 11.6 Å². The Bertz CT molecular complexity index is 775. The van der Waals surface area contributed by atoms with E-state index in [2.05, 4.69) is 10.4 Å². The first kappa shape index (κ1) is 19.1. The Morgan fingerprint density at radius 2 is 2.04 bits per heavy atom. The summed E-state index contributed by atoms with van der Waals surface area (Å²) in [4.78, 5) is 26.2. The Balaban J connectivity index is 1.50. The maximum absolute atomic E-state index is 12.4. The highest BCUT2D eigenvalue weighted by Gasteiger charge is 2.23. The van der Waals surface area contributed by atoms with Gasteiger partial charge in [-0.15, -0.1) is 0 Å². The van der Waals surface area contributed by atoms with Crippen molar-refractivity contribution in [1.29, 1.82) is 0 Å². The predicted molar refractivity (Wildman–Crippen MR) is 98.0 cm³/mol. The number of nitrogens with zero attached hydrogens (tertiary/aromatic N) is 3. The molecule has 1 aliphatic heterocycles. The summed E-state index contributed by atoms with van der Waals surface area (Å²) < 4.78 is 12.2. The molecule has 1 aromatic carbocycles. The van der Waals surface area contributed by atoms with Crippen molar-refractivity contribution in [2.45, 2.75) is 19.7 Å². The van der Waals surface area contributed by atoms with E-state index in [1.54, 1.807) is 22.8 Å². The molecule has 0 unspecified atom stereocenters. The van der Waals surface area contributed by atoms with Crippen LogP contribution >= 0.6 is 0 Å². The molecule has 3 rings (SSSR count). The number of fused-ring (bicyclic) bond motifs is 1. The molecule has 1 N–H and O–H groups in total. The van der Waals surface area contributed by atoms with E-state index >= 15 is 0 Å². The van der Waals surface area contributed by atoms with E-state index in [1.807, 2.05) is 30.3 Å². The van der Waals surface area contributed by atoms with Gasteiger partial charge in [-0.2, -0.15) is 5.10 Å². The maximum atomic E-state index is 12.4. The lowest BCUT2D eigenvalue weighted by Gasteiger charge is -2.27. The monoisotopic (exact) mass is 372 g/mol. The Morgan fingerprint density at radius 3 is 2.81 bits per heavy atom. The largest absolute Gasteiger partial charge is 0.383 e. The van der Waals surface area contributed by atoms with E-state index in [4.69, 9.17) is 9.47 Å². The lowest BCUT2D eigenvalue weighted by molar-refractivity contribution is -0.138. The smallest absolute Gasteiger partial charge is 0.271 e. The van der Waals surface area contributed by atoms with Gasteiger partial charge in [0.05, 0.1) is 32.0 Å². The van der Waals surface area contributed by atoms with Crippen molar-refractivity contribution in [3.8, 4) is 0 Å². The number of carbonyl (C=O) groups is 2. The summed E-state index contributed by atoms with van der Waals surface area (Å²) in [6.45, 7) is 2.85. The Kier molecular flexibility index (Phi) is 6.56. The van der Waals surface area contributed by atoms with Crippen molar-refractivity contribution in [3.63, 3.8) is 0 Å². The Labute approximate surface area is 158 Å². The molecule has 0 saturated carbocycles. The van der Waals surface area contributed by atoms with Crippen molar-refractivity contribution in [2.75, 3.05) is 33.4 Å². The summed E-state index contributed by atoms with van der Waals surface area (Å²) in [5.74, 6) is -0.303. The molecule has 0 radical (unpaired) electrons. The summed E-state index contributed by atoms with van der Waals surface area (Å²) in [7, 11) is 1.58. The number of nitrogens with one attached hydrogen (secondary N) is 1. The average molecular weight is 372 g/mol. The van der Waals surface area contributed by atoms with E-state index in [9.17, 15) is 9.59 Å². The van der Waals surface area contributed by atoms with Crippen LogP contribution in [0.2, 0.25) is 0 Å². The van der Waals surface area contributed by atoms with Gasteiger partial charge in [0.25, 0.3) is 5.91 Å². The van der Waals surface area contributed by atoms with Gasteiger partial charge < -0.3 is 19.7 Å². The number of ether oxygens (including phenoxy) is 2. The van der Waals surface area contributed by atoms with E-state index in [-0.39, 0.29) is 18.4 Å². The predicted octanol–water partition coefficient (Wildman–Crippen LogP) is 0.818. The molecule has 27 heavy (non-hydrogen) atoms. The molecule has 2 amide bonds. The first-order valence-corrected chi connectivity index (χ1v) is 8.90. The summed E-state index contributed by atoms with van der Waals surface area (Å²) in [5.41, 5.74) is 2.23. The third-order valence-corrected chi connectivity index (χ3v) is 4.31. The van der Waals surface area contributed by atoms with Crippen LogP contribution in [0.5, 0.6) is 0 Å². The maximum Gasteiger partial charge on any atom is 0.271 e. The molecule has 1 aliphatic rings. The molecule has 1 aromatic heterocycles. The van der Waals surface area contributed by atoms with E-state index in [0.29, 0.717) is 45.1 Å². The number of amides is 2. The zero-order valence-electron chi connectivity index (χ0n) is 15.4. The zero-order valence-corrected chi connectivity index (χ0v) is 15.4. The molecule has 8 heteroatoms. The number of methoxy groups -OCH3 is 1. The molecule has 144 valence electrons. The fourth-order valence-corrected chi connectivity index (χ4v) is 2.87. The van der Waals surface area contributed by atoms with Gasteiger partial charge in [0.2, 0.25) is 5.91 Å². The third-order valence-electron chi connectivity index (χ3n) is 4.31. The first-order valence-electron chi connectivity index (χ1n) is 8.90. The summed E-state index contributed by atoms with van der Waals surface area (Å²) in [5, 5.41) is 7.07. The van der Waals surface area contributed by atoms with Crippen LogP contribution in [0, 0.1) is 0 Å². The second-order valence-electron chi connectivity index (χ2n) is 6.29. The minimum atomic E-state index is -0.238. The number of rotatable bonds is 8. The molecule has 0 spiro atoms. The average Bonchev–Trinajstić information content (AvgIpc) is 3.12. The van der Waals surface area contributed by atoms with Crippen LogP contribution in [0.1, 0.15) is 21.7 Å². The molecule has 8 nitrogen and oxygen atoms in total. The fraction of sp³-hybridized carbons (Fsp3) is 0.421. The molecular weight excluding hydrogens is 348 g/mol. The zero-order chi connectivity index (χ0) is 19.1. The van der Waals surface area contributed by atoms with Crippen LogP contribution in [0.25, 0.3) is 0 Å². The SMILES string of the molecule is COCCNC(=O)c1cc2n(n1)CCN(C(=O)COCc1ccccc1)C2. The van der Waals surface area contributed by atoms with E-state index in [1.165, 1.54) is 0 Å². The molecule has 0 saturated heterocycles. The first-order chi connectivity index (χ1) is 13.2. The van der Waals surface area contributed by atoms with Gasteiger partial charge in [0, 0.05) is 20.2 Å². The summed E-state index contributed by atoms with van der Waals surface area (Å²) >= 11 is 0. The normalized spacial score (nSPS) is 13.3. The van der Waals surface area contributed by atoms with Gasteiger partial charge in [-0.25, -0.2) is 0 Å². The van der Waals surface area contributed by atoms with Crippen LogP contribution in [-0.2, 0) is 34.0 Å². The van der Waals surface area contributed by atoms with Crippen molar-refractivity contribution in [1.82, 2.24) is 20.0 Å². The molecule has 2 heterocycles. The van der Waals surface area contributed by atoms with Gasteiger partial charge in [0.1, 0.15) is 6.61 Å². The third kappa shape index (κ3) is 5.15. The molecule has 0 bridgehead atoms. The minimum Gasteiger partial charge on any atom is -0.383 e. The number of benzene rings is 1. The molecular formula is C19H24N4O4. The molecule has 2 aromatic rings. The standard InChI is InChI=1S/C19H24N4O4/c1-26-10-7-20-19(25)17-11-16-12-22(8-9-23(16)21-17)18(24)14-27-13-15-5-3-2-4-6-15/h2-6,11H,7-10,12-14H2,1H3,(H,20,25). The lowest BCUT2D eigenvalue weighted by Crippen LogP contribution is -2.40. The number of hydrogen-bond donors (Lipinski definition) is 1. The Morgan fingerprint density at radius 1 is 1.22 bits per heavy atom. The molecule has 0 fully saturated rings. The van der Waals surface area contributed by atoms with Crippen LogP contribution in [-0.4, -0.2) is 59.9 Å². The van der Waals surface area contributed by atoms with Crippen molar-refractivity contribution in [2.24, 2.45) is 0 Å². The van der Waals surface area contributed by atoms with Crippen molar-refractivity contribution < 1.29 is 19.1 Å². The van der Waals surface area contributed by atoms with Crippen molar-refractivity contribution in [3.05, 3.63) is 53.3 Å². The van der Waals surface area contributed by atoms with E-state index < -0.39 is 0 Å². The van der Waals surface area contributed by atoms with Crippen LogP contribution < -0.4 is 5.32 Å².